The molecule has 0 aliphatic carbocycles. The Bertz CT molecular complexity index is 556. The summed E-state index contributed by atoms with van der Waals surface area (Å²) in [6.07, 6.45) is 0.126. The molecule has 0 heterocycles. The minimum Gasteiger partial charge on any atom is -0.490 e. The van der Waals surface area contributed by atoms with Gasteiger partial charge >= 0.3 is 0 Å². The summed E-state index contributed by atoms with van der Waals surface area (Å²) in [4.78, 5) is 11.6. The largest absolute Gasteiger partial charge is 0.490 e. The van der Waals surface area contributed by atoms with Crippen molar-refractivity contribution < 1.29 is 9.53 Å². The number of ketones is 1. The van der Waals surface area contributed by atoms with E-state index in [1.165, 1.54) is 0 Å². The molecule has 0 N–H and O–H groups in total. The van der Waals surface area contributed by atoms with Crippen LogP contribution in [0.5, 0.6) is 5.75 Å². The standard InChI is InChI=1S/C15H16O2/c1-10(2)17-15-9-8-12(11(3)16)13-6-4-5-7-14(13)15/h4-10H,1-3H3. The zero-order chi connectivity index (χ0) is 12.4. The van der Waals surface area contributed by atoms with E-state index in [0.717, 1.165) is 22.1 Å². The van der Waals surface area contributed by atoms with Crippen LogP contribution in [0.2, 0.25) is 0 Å². The summed E-state index contributed by atoms with van der Waals surface area (Å²) in [7, 11) is 0. The van der Waals surface area contributed by atoms with Gasteiger partial charge in [-0.25, -0.2) is 0 Å². The zero-order valence-electron chi connectivity index (χ0n) is 10.4. The first kappa shape index (κ1) is 11.6. The van der Waals surface area contributed by atoms with Crippen molar-refractivity contribution in [3.8, 4) is 5.75 Å². The van der Waals surface area contributed by atoms with Gasteiger partial charge in [-0.15, -0.1) is 0 Å². The highest BCUT2D eigenvalue weighted by Crippen LogP contribution is 2.29. The Labute approximate surface area is 101 Å². The summed E-state index contributed by atoms with van der Waals surface area (Å²) < 4.78 is 5.75. The van der Waals surface area contributed by atoms with Gasteiger partial charge in [0.05, 0.1) is 6.10 Å². The Morgan fingerprint density at radius 1 is 1.06 bits per heavy atom. The van der Waals surface area contributed by atoms with Crippen molar-refractivity contribution in [2.24, 2.45) is 0 Å². The van der Waals surface area contributed by atoms with Crippen LogP contribution >= 0.6 is 0 Å². The van der Waals surface area contributed by atoms with Crippen LogP contribution in [0.1, 0.15) is 31.1 Å². The molecule has 0 aliphatic heterocycles. The fourth-order valence-electron chi connectivity index (χ4n) is 1.94. The van der Waals surface area contributed by atoms with Crippen LogP contribution in [0, 0.1) is 0 Å². The van der Waals surface area contributed by atoms with E-state index in [1.807, 2.05) is 50.2 Å². The summed E-state index contributed by atoms with van der Waals surface area (Å²) in [5, 5.41) is 1.95. The summed E-state index contributed by atoms with van der Waals surface area (Å²) in [6.45, 7) is 5.58. The molecule has 88 valence electrons. The summed E-state index contributed by atoms with van der Waals surface area (Å²) in [5.74, 6) is 0.915. The number of carbonyl (C=O) groups is 1. The molecule has 0 spiro atoms. The van der Waals surface area contributed by atoms with E-state index in [9.17, 15) is 4.79 Å². The number of hydrogen-bond acceptors (Lipinski definition) is 2. The maximum absolute atomic E-state index is 11.6. The molecule has 0 amide bonds. The van der Waals surface area contributed by atoms with Crippen LogP contribution in [0.4, 0.5) is 0 Å². The van der Waals surface area contributed by atoms with Crippen LogP contribution in [0.3, 0.4) is 0 Å². The molecular weight excluding hydrogens is 212 g/mol. The molecule has 0 atom stereocenters. The highest BCUT2D eigenvalue weighted by Gasteiger charge is 2.10. The van der Waals surface area contributed by atoms with Gasteiger partial charge in [-0.05, 0) is 38.3 Å². The highest BCUT2D eigenvalue weighted by atomic mass is 16.5. The molecular formula is C15H16O2. The van der Waals surface area contributed by atoms with Gasteiger partial charge in [0.15, 0.2) is 5.78 Å². The summed E-state index contributed by atoms with van der Waals surface area (Å²) >= 11 is 0. The van der Waals surface area contributed by atoms with Gasteiger partial charge in [0.25, 0.3) is 0 Å². The van der Waals surface area contributed by atoms with E-state index in [-0.39, 0.29) is 11.9 Å². The van der Waals surface area contributed by atoms with Crippen molar-refractivity contribution >= 4 is 16.6 Å². The smallest absolute Gasteiger partial charge is 0.160 e. The lowest BCUT2D eigenvalue weighted by Crippen LogP contribution is -2.06. The van der Waals surface area contributed by atoms with Crippen LogP contribution < -0.4 is 4.74 Å². The second-order valence-electron chi connectivity index (χ2n) is 4.38. The van der Waals surface area contributed by atoms with E-state index in [2.05, 4.69) is 0 Å². The van der Waals surface area contributed by atoms with Gasteiger partial charge in [0.2, 0.25) is 0 Å². The molecule has 0 saturated carbocycles. The van der Waals surface area contributed by atoms with E-state index in [0.29, 0.717) is 0 Å². The Hall–Kier alpha value is -1.83. The Balaban J connectivity index is 2.66. The number of fused-ring (bicyclic) bond motifs is 1. The van der Waals surface area contributed by atoms with Crippen LogP contribution in [-0.2, 0) is 0 Å². The Morgan fingerprint density at radius 2 is 1.71 bits per heavy atom. The predicted octanol–water partition coefficient (Wildman–Crippen LogP) is 3.83. The van der Waals surface area contributed by atoms with Gasteiger partial charge in [-0.1, -0.05) is 24.3 Å². The average molecular weight is 228 g/mol. The monoisotopic (exact) mass is 228 g/mol. The Morgan fingerprint density at radius 3 is 2.29 bits per heavy atom. The normalized spacial score (nSPS) is 10.8. The molecule has 2 aromatic carbocycles. The maximum atomic E-state index is 11.6. The molecule has 0 fully saturated rings. The first-order valence-corrected chi connectivity index (χ1v) is 5.79. The van der Waals surface area contributed by atoms with E-state index >= 15 is 0 Å². The second-order valence-corrected chi connectivity index (χ2v) is 4.38. The molecule has 2 heteroatoms. The lowest BCUT2D eigenvalue weighted by Gasteiger charge is -2.13. The van der Waals surface area contributed by atoms with Gasteiger partial charge in [-0.3, -0.25) is 4.79 Å². The van der Waals surface area contributed by atoms with Crippen LogP contribution in [0.15, 0.2) is 36.4 Å². The molecule has 17 heavy (non-hydrogen) atoms. The van der Waals surface area contributed by atoms with Gasteiger partial charge in [0.1, 0.15) is 5.75 Å². The van der Waals surface area contributed by atoms with Gasteiger partial charge in [0, 0.05) is 10.9 Å². The molecule has 0 bridgehead atoms. The number of hydrogen-bond donors (Lipinski definition) is 0. The molecule has 0 radical (unpaired) electrons. The molecule has 0 unspecified atom stereocenters. The third kappa shape index (κ3) is 2.31. The minimum atomic E-state index is 0.0808. The third-order valence-electron chi connectivity index (χ3n) is 2.63. The van der Waals surface area contributed by atoms with Crippen molar-refractivity contribution in [2.45, 2.75) is 26.9 Å². The van der Waals surface area contributed by atoms with Crippen LogP contribution in [-0.4, -0.2) is 11.9 Å². The van der Waals surface area contributed by atoms with Crippen molar-refractivity contribution in [2.75, 3.05) is 0 Å². The summed E-state index contributed by atoms with van der Waals surface area (Å²) in [6, 6.07) is 11.5. The first-order chi connectivity index (χ1) is 8.09. The van der Waals surface area contributed by atoms with E-state index in [1.54, 1.807) is 6.92 Å². The molecule has 2 nitrogen and oxygen atoms in total. The van der Waals surface area contributed by atoms with Crippen molar-refractivity contribution in [3.63, 3.8) is 0 Å². The fourth-order valence-corrected chi connectivity index (χ4v) is 1.94. The maximum Gasteiger partial charge on any atom is 0.160 e. The van der Waals surface area contributed by atoms with Crippen molar-refractivity contribution in [1.82, 2.24) is 0 Å². The van der Waals surface area contributed by atoms with E-state index in [4.69, 9.17) is 4.74 Å². The molecule has 0 aliphatic rings. The number of Topliss-reactive ketones (excluding diaryl/α,β-unsaturated/α-hetero) is 1. The average Bonchev–Trinajstić information content (AvgIpc) is 2.28. The van der Waals surface area contributed by atoms with Crippen molar-refractivity contribution in [3.05, 3.63) is 42.0 Å². The quantitative estimate of drug-likeness (QED) is 0.746. The Kier molecular flexibility index (Phi) is 3.14. The predicted molar refractivity (Wildman–Crippen MR) is 69.7 cm³/mol. The molecule has 2 rings (SSSR count). The van der Waals surface area contributed by atoms with Crippen molar-refractivity contribution in [1.29, 1.82) is 0 Å². The van der Waals surface area contributed by atoms with Gasteiger partial charge in [-0.2, -0.15) is 0 Å². The number of rotatable bonds is 3. The lowest BCUT2D eigenvalue weighted by molar-refractivity contribution is 0.101. The third-order valence-corrected chi connectivity index (χ3v) is 2.63. The number of benzene rings is 2. The lowest BCUT2D eigenvalue weighted by atomic mass is 10.0. The molecule has 0 saturated heterocycles. The van der Waals surface area contributed by atoms with Gasteiger partial charge < -0.3 is 4.74 Å². The first-order valence-electron chi connectivity index (χ1n) is 5.79. The topological polar surface area (TPSA) is 26.3 Å². The SMILES string of the molecule is CC(=O)c1ccc(OC(C)C)c2ccccc12. The van der Waals surface area contributed by atoms with E-state index < -0.39 is 0 Å². The zero-order valence-corrected chi connectivity index (χ0v) is 10.4. The minimum absolute atomic E-state index is 0.0808. The number of carbonyl (C=O) groups excluding carboxylic acids is 1. The molecule has 2 aromatic rings. The fraction of sp³-hybridized carbons (Fsp3) is 0.267. The number of ether oxygens (including phenoxy) is 1. The van der Waals surface area contributed by atoms with Crippen LogP contribution in [0.25, 0.3) is 10.8 Å². The molecule has 0 aromatic heterocycles. The highest BCUT2D eigenvalue weighted by molar-refractivity contribution is 6.08. The second kappa shape index (κ2) is 4.58. The summed E-state index contributed by atoms with van der Waals surface area (Å²) in [5.41, 5.74) is 0.747.